The number of rotatable bonds is 9. The number of nitrogens with one attached hydrogen (secondary N) is 1. The molecular weight excluding hydrogens is 778 g/mol. The highest BCUT2D eigenvalue weighted by atomic mass is 16.6. The molecule has 15 heteroatoms. The molecule has 3 N–H and O–H groups in total. The van der Waals surface area contributed by atoms with Crippen LogP contribution in [0.5, 0.6) is 0 Å². The Morgan fingerprint density at radius 2 is 1.53 bits per heavy atom. The molecule has 1 saturated heterocycles. The predicted molar refractivity (Wildman–Crippen MR) is 210 cm³/mol. The molecule has 1 heterocycles. The summed E-state index contributed by atoms with van der Waals surface area (Å²) in [5, 5.41) is 27.9. The predicted octanol–water partition coefficient (Wildman–Crippen LogP) is 4.47. The largest absolute Gasteiger partial charge is 0.456 e. The first-order chi connectivity index (χ1) is 28.1. The summed E-state index contributed by atoms with van der Waals surface area (Å²) in [5.41, 5.74) is -6.79. The zero-order chi connectivity index (χ0) is 43.7. The molecule has 11 atom stereocenters. The normalized spacial score (nSPS) is 33.3. The van der Waals surface area contributed by atoms with Gasteiger partial charge in [0.25, 0.3) is 0 Å². The zero-order valence-electron chi connectivity index (χ0n) is 35.0. The van der Waals surface area contributed by atoms with Gasteiger partial charge in [0.1, 0.15) is 29.5 Å². The van der Waals surface area contributed by atoms with Gasteiger partial charge in [0.2, 0.25) is 0 Å². The van der Waals surface area contributed by atoms with Crippen molar-refractivity contribution in [2.75, 3.05) is 6.61 Å². The SMILES string of the molecule is CC(=O)O[C@H]1C(=O)C23C[C@H]2C[C@H]2OC[C@@]2(OC(C)=O)C3[C@H](OC(=O)c2ccccc2)[C@]2(O)C[C@H](OC(=O)[C@H](O)[C@@H](NC(=O)OC(C)(C)C)c3ccccc3)C(C)=C1C2(C)C. The average molecular weight is 832 g/mol. The molecule has 7 rings (SSSR count). The summed E-state index contributed by atoms with van der Waals surface area (Å²) in [5.74, 6) is -5.65. The van der Waals surface area contributed by atoms with E-state index < -0.39 is 112 Å². The summed E-state index contributed by atoms with van der Waals surface area (Å²) in [7, 11) is 0. The highest BCUT2D eigenvalue weighted by Crippen LogP contribution is 2.74. The number of aliphatic hydroxyl groups is 2. The number of alkyl carbamates (subject to hydrolysis) is 1. The maximum atomic E-state index is 15.4. The lowest BCUT2D eigenvalue weighted by atomic mass is 9.48. The molecule has 60 heavy (non-hydrogen) atoms. The number of Topliss-reactive ketones (excluding diaryl/α,β-unsaturated/α-hetero) is 1. The summed E-state index contributed by atoms with van der Waals surface area (Å²) < 4.78 is 36.0. The molecule has 0 aromatic heterocycles. The summed E-state index contributed by atoms with van der Waals surface area (Å²) in [6.45, 7) is 12.0. The van der Waals surface area contributed by atoms with Crippen molar-refractivity contribution < 1.29 is 67.4 Å². The van der Waals surface area contributed by atoms with Crippen LogP contribution in [0.2, 0.25) is 0 Å². The Balaban J connectivity index is 1.37. The third-order valence-electron chi connectivity index (χ3n) is 13.2. The molecule has 2 bridgehead atoms. The van der Waals surface area contributed by atoms with E-state index in [1.165, 1.54) is 19.1 Å². The van der Waals surface area contributed by atoms with Crippen LogP contribution in [0.4, 0.5) is 4.79 Å². The van der Waals surface area contributed by atoms with E-state index in [9.17, 15) is 34.2 Å². The Kier molecular flexibility index (Phi) is 10.8. The lowest BCUT2D eigenvalue weighted by Gasteiger charge is -2.64. The number of hydrogen-bond donors (Lipinski definition) is 3. The Morgan fingerprint density at radius 1 is 0.900 bits per heavy atom. The lowest BCUT2D eigenvalue weighted by Crippen LogP contribution is -2.78. The van der Waals surface area contributed by atoms with Crippen LogP contribution in [0.15, 0.2) is 71.8 Å². The fraction of sp³-hybridized carbons (Fsp3) is 0.556. The van der Waals surface area contributed by atoms with Crippen molar-refractivity contribution >= 4 is 35.8 Å². The molecule has 2 unspecified atom stereocenters. The van der Waals surface area contributed by atoms with Crippen LogP contribution >= 0.6 is 0 Å². The second kappa shape index (κ2) is 15.1. The quantitative estimate of drug-likeness (QED) is 0.181. The third kappa shape index (κ3) is 7.07. The van der Waals surface area contributed by atoms with Gasteiger partial charge in [-0.25, -0.2) is 14.4 Å². The number of esters is 4. The molecule has 0 radical (unpaired) electrons. The summed E-state index contributed by atoms with van der Waals surface area (Å²) in [6.07, 6.45) is -8.18. The summed E-state index contributed by atoms with van der Waals surface area (Å²) in [4.78, 5) is 82.8. The van der Waals surface area contributed by atoms with E-state index in [-0.39, 0.29) is 35.7 Å². The number of ether oxygens (including phenoxy) is 6. The van der Waals surface area contributed by atoms with Crippen LogP contribution in [0, 0.1) is 22.7 Å². The standard InChI is InChI=1S/C45H53NO14/c1-23-29(57-39(52)33(49)32(26-15-11-9-12-16-26)46-40(53)60-41(4,5)6)21-45(54)37(58-38(51)27-17-13-10-14-18-27)35-43(36(50)34(56-24(2)47)31(23)42(45,7)8)20-28(43)19-30-44(35,22-55-30)59-25(3)48/h9-18,28-30,32-35,37,49,54H,19-22H2,1-8H3,(H,46,53)/t28-,29+,30-,32+,33-,34-,35?,37+,43?,44+,45-/m1/s1. The number of aliphatic hydroxyl groups excluding tert-OH is 1. The molecule has 1 aliphatic heterocycles. The molecule has 4 fully saturated rings. The molecule has 4 aliphatic carbocycles. The van der Waals surface area contributed by atoms with Crippen LogP contribution in [0.25, 0.3) is 0 Å². The van der Waals surface area contributed by atoms with Crippen LogP contribution < -0.4 is 5.32 Å². The number of hydrogen-bond acceptors (Lipinski definition) is 14. The van der Waals surface area contributed by atoms with Gasteiger partial charge in [0.15, 0.2) is 23.6 Å². The maximum Gasteiger partial charge on any atom is 0.408 e. The molecule has 2 aromatic rings. The fourth-order valence-corrected chi connectivity index (χ4v) is 10.4. The number of ketones is 1. The van der Waals surface area contributed by atoms with E-state index in [1.807, 2.05) is 0 Å². The van der Waals surface area contributed by atoms with Crippen molar-refractivity contribution in [2.24, 2.45) is 22.7 Å². The second-order valence-corrected chi connectivity index (χ2v) is 18.3. The van der Waals surface area contributed by atoms with Crippen molar-refractivity contribution in [2.45, 2.75) is 128 Å². The first-order valence-corrected chi connectivity index (χ1v) is 20.2. The Hall–Kier alpha value is -5.12. The van der Waals surface area contributed by atoms with Gasteiger partial charge in [0, 0.05) is 31.1 Å². The number of carbonyl (C=O) groups excluding carboxylic acids is 6. The third-order valence-corrected chi connectivity index (χ3v) is 13.2. The smallest absolute Gasteiger partial charge is 0.408 e. The van der Waals surface area contributed by atoms with Crippen molar-refractivity contribution in [3.8, 4) is 0 Å². The van der Waals surface area contributed by atoms with Gasteiger partial charge in [0.05, 0.1) is 24.1 Å². The Morgan fingerprint density at radius 3 is 2.10 bits per heavy atom. The average Bonchev–Trinajstić information content (AvgIpc) is 3.90. The van der Waals surface area contributed by atoms with Gasteiger partial charge >= 0.3 is 30.0 Å². The fourth-order valence-electron chi connectivity index (χ4n) is 10.4. The first kappa shape index (κ1) is 43.0. The van der Waals surface area contributed by atoms with Gasteiger partial charge < -0.3 is 44.0 Å². The molecule has 15 nitrogen and oxygen atoms in total. The first-order valence-electron chi connectivity index (χ1n) is 20.2. The van der Waals surface area contributed by atoms with E-state index in [0.29, 0.717) is 12.0 Å². The van der Waals surface area contributed by atoms with E-state index in [2.05, 4.69) is 5.32 Å². The maximum absolute atomic E-state index is 15.4. The van der Waals surface area contributed by atoms with E-state index >= 15 is 4.79 Å². The van der Waals surface area contributed by atoms with Crippen LogP contribution in [-0.4, -0.2) is 99.9 Å². The van der Waals surface area contributed by atoms with Crippen molar-refractivity contribution in [3.05, 3.63) is 82.9 Å². The van der Waals surface area contributed by atoms with Gasteiger partial charge in [-0.15, -0.1) is 0 Å². The molecule has 322 valence electrons. The molecule has 5 aliphatic rings. The number of carbonyl (C=O) groups is 6. The minimum atomic E-state index is -2.25. The minimum Gasteiger partial charge on any atom is -0.456 e. The highest BCUT2D eigenvalue weighted by Gasteiger charge is 2.84. The Labute approximate surface area is 348 Å². The van der Waals surface area contributed by atoms with Crippen molar-refractivity contribution in [1.29, 1.82) is 0 Å². The van der Waals surface area contributed by atoms with Crippen LogP contribution in [0.1, 0.15) is 96.6 Å². The van der Waals surface area contributed by atoms with Crippen LogP contribution in [-0.2, 0) is 47.6 Å². The molecule has 1 amide bonds. The monoisotopic (exact) mass is 831 g/mol. The van der Waals surface area contributed by atoms with E-state index in [1.54, 1.807) is 90.1 Å². The van der Waals surface area contributed by atoms with Crippen LogP contribution in [0.3, 0.4) is 0 Å². The number of amides is 1. The van der Waals surface area contributed by atoms with Gasteiger partial charge in [-0.3, -0.25) is 14.4 Å². The zero-order valence-corrected chi connectivity index (χ0v) is 35.0. The topological polar surface area (TPSA) is 210 Å². The van der Waals surface area contributed by atoms with E-state index in [0.717, 1.165) is 6.92 Å². The summed E-state index contributed by atoms with van der Waals surface area (Å²) in [6, 6.07) is 14.9. The number of benzene rings is 2. The lowest BCUT2D eigenvalue weighted by molar-refractivity contribution is -0.323. The molecule has 2 aromatic carbocycles. The van der Waals surface area contributed by atoms with Crippen molar-refractivity contribution in [3.63, 3.8) is 0 Å². The number of fused-ring (bicyclic) bond motifs is 4. The van der Waals surface area contributed by atoms with E-state index in [4.69, 9.17) is 28.4 Å². The molecule has 1 spiro atoms. The highest BCUT2D eigenvalue weighted by molar-refractivity contribution is 5.97. The Bertz CT molecular complexity index is 2110. The van der Waals surface area contributed by atoms with Crippen molar-refractivity contribution in [1.82, 2.24) is 5.32 Å². The van der Waals surface area contributed by atoms with Gasteiger partial charge in [-0.2, -0.15) is 0 Å². The molecule has 3 saturated carbocycles. The van der Waals surface area contributed by atoms with Gasteiger partial charge in [-0.1, -0.05) is 62.4 Å². The summed E-state index contributed by atoms with van der Waals surface area (Å²) >= 11 is 0. The second-order valence-electron chi connectivity index (χ2n) is 18.3. The minimum absolute atomic E-state index is 0.128. The van der Waals surface area contributed by atoms with Gasteiger partial charge in [-0.05, 0) is 75.3 Å². The molecular formula is C45H53NO14.